The normalized spacial score (nSPS) is 11.2. The lowest BCUT2D eigenvalue weighted by Crippen LogP contribution is -2.30. The van der Waals surface area contributed by atoms with Gasteiger partial charge < -0.3 is 10.2 Å². The van der Waals surface area contributed by atoms with E-state index in [0.29, 0.717) is 41.1 Å². The highest BCUT2D eigenvalue weighted by Crippen LogP contribution is 2.24. The first-order chi connectivity index (χ1) is 13.3. The van der Waals surface area contributed by atoms with E-state index in [2.05, 4.69) is 20.6 Å². The van der Waals surface area contributed by atoms with E-state index < -0.39 is 0 Å². The molecule has 0 spiro atoms. The third kappa shape index (κ3) is 3.62. The number of hydrogen-bond donors (Lipinski definition) is 2. The molecule has 0 unspecified atom stereocenters. The fraction of sp³-hybridized carbons (Fsp3) is 0.400. The van der Waals surface area contributed by atoms with Gasteiger partial charge in [-0.1, -0.05) is 0 Å². The number of aromatic amines is 1. The number of nitrogens with zero attached hydrogens (tertiary/aromatic N) is 4. The van der Waals surface area contributed by atoms with Crippen molar-refractivity contribution in [1.82, 2.24) is 24.9 Å². The van der Waals surface area contributed by atoms with Gasteiger partial charge in [0, 0.05) is 35.8 Å². The summed E-state index contributed by atoms with van der Waals surface area (Å²) < 4.78 is 1.44. The molecule has 0 radical (unpaired) electrons. The zero-order valence-corrected chi connectivity index (χ0v) is 16.9. The summed E-state index contributed by atoms with van der Waals surface area (Å²) in [6, 6.07) is 6.89. The standard InChI is InChI=1S/C20H26N6O2/c1-6-25(7-2)19(27)14-8-9-15-16(11-14)18(21-17-10-13(5)22-23-17)24-26(12(3)4)20(15)28/h8-12H,6-7H2,1-5H3,(H2,21,22,23,24). The molecule has 0 saturated heterocycles. The Morgan fingerprint density at radius 1 is 1.21 bits per heavy atom. The van der Waals surface area contributed by atoms with E-state index in [0.717, 1.165) is 5.69 Å². The second kappa shape index (κ2) is 7.84. The van der Waals surface area contributed by atoms with E-state index in [9.17, 15) is 9.59 Å². The minimum atomic E-state index is -0.185. The summed E-state index contributed by atoms with van der Waals surface area (Å²) in [6.45, 7) is 10.8. The molecule has 3 rings (SSSR count). The minimum absolute atomic E-state index is 0.0681. The van der Waals surface area contributed by atoms with Crippen LogP contribution >= 0.6 is 0 Å². The van der Waals surface area contributed by atoms with Crippen molar-refractivity contribution in [3.8, 4) is 0 Å². The Kier molecular flexibility index (Phi) is 5.48. The molecule has 148 valence electrons. The number of H-pyrrole nitrogens is 1. The first-order valence-corrected chi connectivity index (χ1v) is 9.50. The average Bonchev–Trinajstić information content (AvgIpc) is 3.09. The summed E-state index contributed by atoms with van der Waals surface area (Å²) in [6.07, 6.45) is 0. The highest BCUT2D eigenvalue weighted by atomic mass is 16.2. The molecule has 8 heteroatoms. The van der Waals surface area contributed by atoms with Crippen LogP contribution in [-0.2, 0) is 0 Å². The number of carbonyl (C=O) groups excluding carboxylic acids is 1. The first kappa shape index (κ1) is 19.6. The van der Waals surface area contributed by atoms with Crippen LogP contribution < -0.4 is 10.9 Å². The number of rotatable bonds is 6. The Balaban J connectivity index is 2.19. The van der Waals surface area contributed by atoms with Crippen molar-refractivity contribution in [2.75, 3.05) is 18.4 Å². The summed E-state index contributed by atoms with van der Waals surface area (Å²) in [5, 5.41) is 15.9. The zero-order valence-electron chi connectivity index (χ0n) is 16.9. The number of aryl methyl sites for hydroxylation is 1. The predicted molar refractivity (Wildman–Crippen MR) is 110 cm³/mol. The Morgan fingerprint density at radius 2 is 1.93 bits per heavy atom. The van der Waals surface area contributed by atoms with Gasteiger partial charge >= 0.3 is 0 Å². The van der Waals surface area contributed by atoms with Crippen LogP contribution in [-0.4, -0.2) is 43.9 Å². The Morgan fingerprint density at radius 3 is 2.50 bits per heavy atom. The summed E-state index contributed by atoms with van der Waals surface area (Å²) in [5.74, 6) is 1.02. The fourth-order valence-electron chi connectivity index (χ4n) is 3.13. The van der Waals surface area contributed by atoms with Gasteiger partial charge in [-0.25, -0.2) is 4.68 Å². The van der Waals surface area contributed by atoms with E-state index in [1.54, 1.807) is 23.1 Å². The van der Waals surface area contributed by atoms with Crippen molar-refractivity contribution in [2.45, 2.75) is 40.7 Å². The minimum Gasteiger partial charge on any atom is -0.339 e. The SMILES string of the molecule is CCN(CC)C(=O)c1ccc2c(=O)n(C(C)C)nc(Nc3cc(C)[nH]n3)c2c1. The number of nitrogens with one attached hydrogen (secondary N) is 2. The van der Waals surface area contributed by atoms with Gasteiger partial charge in [0.1, 0.15) is 0 Å². The van der Waals surface area contributed by atoms with Crippen LogP contribution in [0.4, 0.5) is 11.6 Å². The third-order valence-corrected chi connectivity index (χ3v) is 4.66. The molecule has 0 atom stereocenters. The van der Waals surface area contributed by atoms with Gasteiger partial charge in [0.05, 0.1) is 11.4 Å². The van der Waals surface area contributed by atoms with Crippen molar-refractivity contribution >= 4 is 28.3 Å². The van der Waals surface area contributed by atoms with Crippen LogP contribution in [0.1, 0.15) is 49.8 Å². The van der Waals surface area contributed by atoms with Crippen molar-refractivity contribution in [1.29, 1.82) is 0 Å². The zero-order chi connectivity index (χ0) is 20.4. The van der Waals surface area contributed by atoms with Crippen molar-refractivity contribution in [2.24, 2.45) is 0 Å². The molecular formula is C20H26N6O2. The molecule has 2 N–H and O–H groups in total. The Bertz CT molecular complexity index is 1060. The largest absolute Gasteiger partial charge is 0.339 e. The number of anilines is 2. The molecule has 3 aromatic rings. The van der Waals surface area contributed by atoms with Crippen molar-refractivity contribution in [3.05, 3.63) is 45.9 Å². The molecule has 0 saturated carbocycles. The second-order valence-electron chi connectivity index (χ2n) is 6.99. The highest BCUT2D eigenvalue weighted by molar-refractivity contribution is 6.01. The lowest BCUT2D eigenvalue weighted by Gasteiger charge is -2.19. The number of amides is 1. The van der Waals surface area contributed by atoms with Crippen LogP contribution in [0.3, 0.4) is 0 Å². The molecule has 0 fully saturated rings. The Hall–Kier alpha value is -3.16. The molecule has 0 bridgehead atoms. The fourth-order valence-corrected chi connectivity index (χ4v) is 3.13. The lowest BCUT2D eigenvalue weighted by molar-refractivity contribution is 0.0773. The summed E-state index contributed by atoms with van der Waals surface area (Å²) in [4.78, 5) is 27.4. The van der Waals surface area contributed by atoms with Crippen molar-refractivity contribution in [3.63, 3.8) is 0 Å². The van der Waals surface area contributed by atoms with E-state index in [-0.39, 0.29) is 17.5 Å². The maximum Gasteiger partial charge on any atom is 0.275 e. The molecule has 1 aromatic carbocycles. The predicted octanol–water partition coefficient (Wildman–Crippen LogP) is 3.23. The van der Waals surface area contributed by atoms with E-state index >= 15 is 0 Å². The maximum absolute atomic E-state index is 12.9. The van der Waals surface area contributed by atoms with Gasteiger partial charge in [-0.2, -0.15) is 10.2 Å². The first-order valence-electron chi connectivity index (χ1n) is 9.50. The number of benzene rings is 1. The number of carbonyl (C=O) groups is 1. The van der Waals surface area contributed by atoms with Crippen LogP contribution in [0.25, 0.3) is 10.8 Å². The quantitative estimate of drug-likeness (QED) is 0.682. The van der Waals surface area contributed by atoms with Gasteiger partial charge in [-0.3, -0.25) is 14.7 Å². The monoisotopic (exact) mass is 382 g/mol. The number of hydrogen-bond acceptors (Lipinski definition) is 5. The van der Waals surface area contributed by atoms with Gasteiger partial charge in [-0.15, -0.1) is 0 Å². The van der Waals surface area contributed by atoms with Gasteiger partial charge in [0.25, 0.3) is 11.5 Å². The van der Waals surface area contributed by atoms with E-state index in [4.69, 9.17) is 0 Å². The van der Waals surface area contributed by atoms with E-state index in [1.807, 2.05) is 40.7 Å². The van der Waals surface area contributed by atoms with Crippen LogP contribution in [0, 0.1) is 6.92 Å². The topological polar surface area (TPSA) is 95.9 Å². The van der Waals surface area contributed by atoms with Crippen LogP contribution in [0.15, 0.2) is 29.1 Å². The molecule has 0 aliphatic carbocycles. The summed E-state index contributed by atoms with van der Waals surface area (Å²) in [7, 11) is 0. The smallest absolute Gasteiger partial charge is 0.275 e. The summed E-state index contributed by atoms with van der Waals surface area (Å²) in [5.41, 5.74) is 1.25. The van der Waals surface area contributed by atoms with Gasteiger partial charge in [-0.05, 0) is 52.8 Å². The molecule has 28 heavy (non-hydrogen) atoms. The third-order valence-electron chi connectivity index (χ3n) is 4.66. The highest BCUT2D eigenvalue weighted by Gasteiger charge is 2.18. The molecule has 1 amide bonds. The lowest BCUT2D eigenvalue weighted by atomic mass is 10.1. The Labute approximate surface area is 163 Å². The van der Waals surface area contributed by atoms with Crippen LogP contribution in [0.5, 0.6) is 0 Å². The maximum atomic E-state index is 12.9. The molecule has 0 aliphatic heterocycles. The molecule has 2 heterocycles. The van der Waals surface area contributed by atoms with Gasteiger partial charge in [0.2, 0.25) is 0 Å². The second-order valence-corrected chi connectivity index (χ2v) is 6.99. The number of fused-ring (bicyclic) bond motifs is 1. The molecular weight excluding hydrogens is 356 g/mol. The molecule has 8 nitrogen and oxygen atoms in total. The molecule has 0 aliphatic rings. The number of aromatic nitrogens is 4. The van der Waals surface area contributed by atoms with Crippen molar-refractivity contribution < 1.29 is 4.79 Å². The summed E-state index contributed by atoms with van der Waals surface area (Å²) >= 11 is 0. The van der Waals surface area contributed by atoms with E-state index in [1.165, 1.54) is 4.68 Å². The van der Waals surface area contributed by atoms with Crippen LogP contribution in [0.2, 0.25) is 0 Å². The van der Waals surface area contributed by atoms with Gasteiger partial charge in [0.15, 0.2) is 11.6 Å². The molecule has 2 aromatic heterocycles. The average molecular weight is 382 g/mol.